The average molecular weight is 271 g/mol. The first-order valence-electron chi connectivity index (χ1n) is 6.57. The Morgan fingerprint density at radius 1 is 0.850 bits per heavy atom. The molecule has 2 N–H and O–H groups in total. The van der Waals surface area contributed by atoms with Crippen LogP contribution in [0.5, 0.6) is 11.5 Å². The summed E-state index contributed by atoms with van der Waals surface area (Å²) in [6, 6.07) is 14.1. The van der Waals surface area contributed by atoms with Gasteiger partial charge in [-0.3, -0.25) is 0 Å². The van der Waals surface area contributed by atoms with Gasteiger partial charge in [-0.15, -0.1) is 0 Å². The molecule has 0 saturated carbocycles. The van der Waals surface area contributed by atoms with E-state index in [1.807, 2.05) is 24.3 Å². The number of methoxy groups -OCH3 is 2. The quantitative estimate of drug-likeness (QED) is 0.864. The van der Waals surface area contributed by atoms with Crippen molar-refractivity contribution >= 4 is 5.69 Å². The molecular formula is C17H21NO2. The normalized spacial score (nSPS) is 11.2. The van der Waals surface area contributed by atoms with Gasteiger partial charge in [0.05, 0.1) is 19.9 Å². The lowest BCUT2D eigenvalue weighted by molar-refractivity contribution is 0.414. The Labute approximate surface area is 120 Å². The molecule has 0 radical (unpaired) electrons. The largest absolute Gasteiger partial charge is 0.497 e. The molecule has 0 aliphatic carbocycles. The van der Waals surface area contributed by atoms with Crippen molar-refractivity contribution < 1.29 is 9.47 Å². The maximum atomic E-state index is 6.01. The highest BCUT2D eigenvalue weighted by Crippen LogP contribution is 2.35. The minimum Gasteiger partial charge on any atom is -0.497 e. The predicted octanol–water partition coefficient (Wildman–Crippen LogP) is 3.61. The van der Waals surface area contributed by atoms with Gasteiger partial charge in [-0.25, -0.2) is 0 Å². The molecule has 0 atom stereocenters. The van der Waals surface area contributed by atoms with Gasteiger partial charge in [0.15, 0.2) is 0 Å². The van der Waals surface area contributed by atoms with Crippen molar-refractivity contribution in [3.05, 3.63) is 53.6 Å². The second-order valence-corrected chi connectivity index (χ2v) is 5.31. The predicted molar refractivity (Wildman–Crippen MR) is 82.5 cm³/mol. The van der Waals surface area contributed by atoms with Crippen molar-refractivity contribution in [2.24, 2.45) is 0 Å². The van der Waals surface area contributed by atoms with Crippen LogP contribution in [0.3, 0.4) is 0 Å². The van der Waals surface area contributed by atoms with E-state index in [0.29, 0.717) is 11.4 Å². The Morgan fingerprint density at radius 2 is 1.45 bits per heavy atom. The summed E-state index contributed by atoms with van der Waals surface area (Å²) in [7, 11) is 3.30. The molecule has 0 unspecified atom stereocenters. The maximum Gasteiger partial charge on any atom is 0.141 e. The minimum absolute atomic E-state index is 0.132. The third-order valence-electron chi connectivity index (χ3n) is 3.76. The van der Waals surface area contributed by atoms with E-state index in [4.69, 9.17) is 15.2 Å². The summed E-state index contributed by atoms with van der Waals surface area (Å²) < 4.78 is 10.4. The molecule has 2 rings (SSSR count). The number of benzene rings is 2. The smallest absolute Gasteiger partial charge is 0.141 e. The number of ether oxygens (including phenoxy) is 2. The van der Waals surface area contributed by atoms with E-state index >= 15 is 0 Å². The van der Waals surface area contributed by atoms with Crippen molar-refractivity contribution in [3.8, 4) is 11.5 Å². The van der Waals surface area contributed by atoms with Gasteiger partial charge in [-0.1, -0.05) is 32.0 Å². The number of hydrogen-bond acceptors (Lipinski definition) is 3. The van der Waals surface area contributed by atoms with Crippen molar-refractivity contribution in [3.63, 3.8) is 0 Å². The first-order valence-corrected chi connectivity index (χ1v) is 6.57. The third-order valence-corrected chi connectivity index (χ3v) is 3.76. The standard InChI is InChI=1S/C17H21NO2/c1-17(2,12-5-8-14(19-3)9-6-12)13-7-10-16(20-4)15(18)11-13/h5-11H,18H2,1-4H3. The molecule has 2 aromatic rings. The fourth-order valence-electron chi connectivity index (χ4n) is 2.30. The minimum atomic E-state index is -0.132. The molecule has 20 heavy (non-hydrogen) atoms. The molecule has 2 aromatic carbocycles. The van der Waals surface area contributed by atoms with Crippen LogP contribution in [0.25, 0.3) is 0 Å². The molecular weight excluding hydrogens is 250 g/mol. The van der Waals surface area contributed by atoms with Crippen LogP contribution in [0.1, 0.15) is 25.0 Å². The molecule has 0 amide bonds. The van der Waals surface area contributed by atoms with Gasteiger partial charge in [-0.2, -0.15) is 0 Å². The Kier molecular flexibility index (Phi) is 3.89. The fraction of sp³-hybridized carbons (Fsp3) is 0.294. The van der Waals surface area contributed by atoms with Gasteiger partial charge < -0.3 is 15.2 Å². The molecule has 3 heteroatoms. The highest BCUT2D eigenvalue weighted by Gasteiger charge is 2.23. The van der Waals surface area contributed by atoms with Crippen LogP contribution in [0, 0.1) is 0 Å². The first-order chi connectivity index (χ1) is 9.48. The number of anilines is 1. The van der Waals surface area contributed by atoms with Crippen LogP contribution in [0.2, 0.25) is 0 Å². The number of rotatable bonds is 4. The van der Waals surface area contributed by atoms with E-state index in [2.05, 4.69) is 32.0 Å². The van der Waals surface area contributed by atoms with Crippen LogP contribution in [0.4, 0.5) is 5.69 Å². The van der Waals surface area contributed by atoms with E-state index in [9.17, 15) is 0 Å². The van der Waals surface area contributed by atoms with Crippen molar-refractivity contribution in [1.82, 2.24) is 0 Å². The molecule has 0 fully saturated rings. The van der Waals surface area contributed by atoms with E-state index in [0.717, 1.165) is 11.3 Å². The Morgan fingerprint density at radius 3 is 1.95 bits per heavy atom. The Bertz CT molecular complexity index is 588. The third kappa shape index (κ3) is 2.57. The molecule has 0 aliphatic rings. The average Bonchev–Trinajstić information content (AvgIpc) is 2.47. The second kappa shape index (κ2) is 5.45. The summed E-state index contributed by atoms with van der Waals surface area (Å²) >= 11 is 0. The molecule has 3 nitrogen and oxygen atoms in total. The number of nitrogen functional groups attached to an aromatic ring is 1. The lowest BCUT2D eigenvalue weighted by Crippen LogP contribution is -2.19. The molecule has 0 bridgehead atoms. The number of hydrogen-bond donors (Lipinski definition) is 1. The van der Waals surface area contributed by atoms with Crippen molar-refractivity contribution in [1.29, 1.82) is 0 Å². The summed E-state index contributed by atoms with van der Waals surface area (Å²) in [4.78, 5) is 0. The first kappa shape index (κ1) is 14.3. The van der Waals surface area contributed by atoms with Crippen LogP contribution in [-0.2, 0) is 5.41 Å². The van der Waals surface area contributed by atoms with E-state index < -0.39 is 0 Å². The lowest BCUT2D eigenvalue weighted by Gasteiger charge is -2.27. The van der Waals surface area contributed by atoms with Crippen molar-refractivity contribution in [2.75, 3.05) is 20.0 Å². The van der Waals surface area contributed by atoms with Gasteiger partial charge in [0.25, 0.3) is 0 Å². The Hall–Kier alpha value is -2.16. The fourth-order valence-corrected chi connectivity index (χ4v) is 2.30. The summed E-state index contributed by atoms with van der Waals surface area (Å²) in [5.41, 5.74) is 8.90. The van der Waals surface area contributed by atoms with Crippen LogP contribution in [0.15, 0.2) is 42.5 Å². The topological polar surface area (TPSA) is 44.5 Å². The summed E-state index contributed by atoms with van der Waals surface area (Å²) in [5, 5.41) is 0. The van der Waals surface area contributed by atoms with Gasteiger partial charge in [0.1, 0.15) is 11.5 Å². The monoisotopic (exact) mass is 271 g/mol. The zero-order valence-electron chi connectivity index (χ0n) is 12.4. The molecule has 0 spiro atoms. The molecule has 0 aliphatic heterocycles. The van der Waals surface area contributed by atoms with E-state index in [1.165, 1.54) is 5.56 Å². The van der Waals surface area contributed by atoms with E-state index in [-0.39, 0.29) is 5.41 Å². The molecule has 0 heterocycles. The SMILES string of the molecule is COc1ccc(C(C)(C)c2ccc(OC)c(N)c2)cc1. The van der Waals surface area contributed by atoms with Gasteiger partial charge in [0, 0.05) is 5.41 Å². The van der Waals surface area contributed by atoms with Crippen LogP contribution in [-0.4, -0.2) is 14.2 Å². The summed E-state index contributed by atoms with van der Waals surface area (Å²) in [6.45, 7) is 4.35. The van der Waals surface area contributed by atoms with Crippen LogP contribution < -0.4 is 15.2 Å². The Balaban J connectivity index is 2.39. The van der Waals surface area contributed by atoms with Gasteiger partial charge >= 0.3 is 0 Å². The lowest BCUT2D eigenvalue weighted by atomic mass is 9.78. The molecule has 106 valence electrons. The van der Waals surface area contributed by atoms with E-state index in [1.54, 1.807) is 14.2 Å². The second-order valence-electron chi connectivity index (χ2n) is 5.31. The highest BCUT2D eigenvalue weighted by atomic mass is 16.5. The summed E-state index contributed by atoms with van der Waals surface area (Å²) in [6.07, 6.45) is 0. The zero-order chi connectivity index (χ0) is 14.8. The van der Waals surface area contributed by atoms with Crippen LogP contribution >= 0.6 is 0 Å². The molecule has 0 aromatic heterocycles. The van der Waals surface area contributed by atoms with Gasteiger partial charge in [-0.05, 0) is 35.4 Å². The maximum absolute atomic E-state index is 6.01. The van der Waals surface area contributed by atoms with Crippen molar-refractivity contribution in [2.45, 2.75) is 19.3 Å². The highest BCUT2D eigenvalue weighted by molar-refractivity contribution is 5.56. The zero-order valence-corrected chi connectivity index (χ0v) is 12.4. The summed E-state index contributed by atoms with van der Waals surface area (Å²) in [5.74, 6) is 1.57. The molecule has 0 saturated heterocycles. The van der Waals surface area contributed by atoms with Gasteiger partial charge in [0.2, 0.25) is 0 Å². The number of nitrogens with two attached hydrogens (primary N) is 1.